The third-order valence-electron chi connectivity index (χ3n) is 4.74. The summed E-state index contributed by atoms with van der Waals surface area (Å²) in [4.78, 5) is 15.0. The largest absolute Gasteiger partial charge is 0.372 e. The van der Waals surface area contributed by atoms with E-state index in [1.54, 1.807) is 0 Å². The van der Waals surface area contributed by atoms with Crippen LogP contribution in [0.2, 0.25) is 0 Å². The minimum absolute atomic E-state index is 0.0513. The Kier molecular flexibility index (Phi) is 5.09. The average Bonchev–Trinajstić information content (AvgIpc) is 2.58. The number of carbonyl (C=O) groups is 1. The summed E-state index contributed by atoms with van der Waals surface area (Å²) in [5, 5.41) is 3.45. The minimum Gasteiger partial charge on any atom is -0.372 e. The van der Waals surface area contributed by atoms with E-state index in [4.69, 9.17) is 4.74 Å². The van der Waals surface area contributed by atoms with E-state index in [2.05, 4.69) is 25.2 Å². The Labute approximate surface area is 149 Å². The molecule has 2 aromatic carbocycles. The van der Waals surface area contributed by atoms with E-state index in [-0.39, 0.29) is 18.1 Å². The Morgan fingerprint density at radius 1 is 1.00 bits per heavy atom. The van der Waals surface area contributed by atoms with Gasteiger partial charge in [0.15, 0.2) is 0 Å². The Bertz CT molecular complexity index is 762. The lowest BCUT2D eigenvalue weighted by atomic mass is 10.1. The van der Waals surface area contributed by atoms with Gasteiger partial charge in [-0.15, -0.1) is 0 Å². The van der Waals surface area contributed by atoms with Gasteiger partial charge in [-0.05, 0) is 57.0 Å². The summed E-state index contributed by atoms with van der Waals surface area (Å²) in [7, 11) is 0. The second-order valence-corrected chi connectivity index (χ2v) is 6.89. The average molecular weight is 338 g/mol. The van der Waals surface area contributed by atoms with Crippen molar-refractivity contribution in [2.45, 2.75) is 39.9 Å². The van der Waals surface area contributed by atoms with Crippen LogP contribution in [0.15, 0.2) is 42.5 Å². The molecular weight excluding hydrogens is 312 g/mol. The number of morpholine rings is 1. The molecule has 0 radical (unpaired) electrons. The van der Waals surface area contributed by atoms with E-state index >= 15 is 0 Å². The first-order valence-corrected chi connectivity index (χ1v) is 8.82. The van der Waals surface area contributed by atoms with Gasteiger partial charge >= 0.3 is 0 Å². The smallest absolute Gasteiger partial charge is 0.256 e. The number of anilines is 2. The second kappa shape index (κ2) is 7.28. The van der Waals surface area contributed by atoms with Crippen LogP contribution in [0, 0.1) is 13.8 Å². The molecule has 0 spiro atoms. The van der Waals surface area contributed by atoms with Crippen molar-refractivity contribution in [2.24, 2.45) is 0 Å². The van der Waals surface area contributed by atoms with Crippen molar-refractivity contribution in [3.05, 3.63) is 59.2 Å². The summed E-state index contributed by atoms with van der Waals surface area (Å²) in [6.07, 6.45) is 0.124. The zero-order valence-electron chi connectivity index (χ0n) is 15.4. The first-order valence-electron chi connectivity index (χ1n) is 8.82. The Hall–Kier alpha value is -2.33. The Morgan fingerprint density at radius 3 is 2.36 bits per heavy atom. The summed E-state index contributed by atoms with van der Waals surface area (Å²) in [5.41, 5.74) is 4.99. The molecule has 0 unspecified atom stereocenters. The number of ether oxygens (including phenoxy) is 1. The molecule has 25 heavy (non-hydrogen) atoms. The van der Waals surface area contributed by atoms with Gasteiger partial charge in [0, 0.05) is 18.8 Å². The number of hydrogen-bond acceptors (Lipinski definition) is 3. The number of hydrogen-bond donors (Lipinski definition) is 1. The standard InChI is InChI=1S/C21H26N2O2/c1-14-8-7-11-19(17(14)4)22-20-10-6-5-9-18(20)21(24)23-12-15(2)25-16(3)13-23/h5-11,15-16,22H,12-13H2,1-4H3/t15-,16-/m0/s1. The van der Waals surface area contributed by atoms with Crippen LogP contribution in [0.1, 0.15) is 35.3 Å². The fourth-order valence-electron chi connectivity index (χ4n) is 3.32. The molecule has 4 heteroatoms. The topological polar surface area (TPSA) is 41.6 Å². The van der Waals surface area contributed by atoms with Crippen molar-refractivity contribution in [3.63, 3.8) is 0 Å². The number of para-hydroxylation sites is 1. The summed E-state index contributed by atoms with van der Waals surface area (Å²) >= 11 is 0. The number of aryl methyl sites for hydroxylation is 1. The molecule has 1 saturated heterocycles. The first-order chi connectivity index (χ1) is 12.0. The number of rotatable bonds is 3. The van der Waals surface area contributed by atoms with Gasteiger partial charge in [0.1, 0.15) is 0 Å². The highest BCUT2D eigenvalue weighted by Gasteiger charge is 2.27. The highest BCUT2D eigenvalue weighted by molar-refractivity contribution is 6.00. The number of nitrogens with one attached hydrogen (secondary N) is 1. The second-order valence-electron chi connectivity index (χ2n) is 6.89. The van der Waals surface area contributed by atoms with Crippen molar-refractivity contribution in [1.82, 2.24) is 4.90 Å². The van der Waals surface area contributed by atoms with Crippen LogP contribution in [0.5, 0.6) is 0 Å². The molecule has 1 aliphatic rings. The normalized spacial score (nSPS) is 20.4. The van der Waals surface area contributed by atoms with Crippen LogP contribution in [0.3, 0.4) is 0 Å². The number of amides is 1. The zero-order valence-corrected chi connectivity index (χ0v) is 15.4. The third-order valence-corrected chi connectivity index (χ3v) is 4.74. The van der Waals surface area contributed by atoms with Gasteiger partial charge < -0.3 is 15.0 Å². The maximum absolute atomic E-state index is 13.1. The molecule has 132 valence electrons. The quantitative estimate of drug-likeness (QED) is 0.907. The maximum atomic E-state index is 13.1. The van der Waals surface area contributed by atoms with Gasteiger partial charge in [-0.1, -0.05) is 24.3 Å². The van der Waals surface area contributed by atoms with Crippen molar-refractivity contribution in [3.8, 4) is 0 Å². The first kappa shape index (κ1) is 17.5. The monoisotopic (exact) mass is 338 g/mol. The fraction of sp³-hybridized carbons (Fsp3) is 0.381. The van der Waals surface area contributed by atoms with Gasteiger partial charge in [-0.2, -0.15) is 0 Å². The van der Waals surface area contributed by atoms with E-state index in [0.717, 1.165) is 11.4 Å². The lowest BCUT2D eigenvalue weighted by Crippen LogP contribution is -2.48. The highest BCUT2D eigenvalue weighted by atomic mass is 16.5. The molecular formula is C21H26N2O2. The summed E-state index contributed by atoms with van der Waals surface area (Å²) < 4.78 is 5.75. The Balaban J connectivity index is 1.88. The summed E-state index contributed by atoms with van der Waals surface area (Å²) in [5.74, 6) is 0.0513. The molecule has 1 fully saturated rings. The van der Waals surface area contributed by atoms with Crippen LogP contribution >= 0.6 is 0 Å². The van der Waals surface area contributed by atoms with Gasteiger partial charge in [-0.25, -0.2) is 0 Å². The van der Waals surface area contributed by atoms with E-state index in [1.807, 2.05) is 55.1 Å². The molecule has 3 rings (SSSR count). The van der Waals surface area contributed by atoms with Crippen molar-refractivity contribution < 1.29 is 9.53 Å². The molecule has 1 heterocycles. The number of nitrogens with zero attached hydrogens (tertiary/aromatic N) is 1. The van der Waals surface area contributed by atoms with Crippen molar-refractivity contribution in [2.75, 3.05) is 18.4 Å². The van der Waals surface area contributed by atoms with Gasteiger partial charge in [0.05, 0.1) is 23.5 Å². The van der Waals surface area contributed by atoms with Crippen molar-refractivity contribution in [1.29, 1.82) is 0 Å². The van der Waals surface area contributed by atoms with E-state index in [1.165, 1.54) is 11.1 Å². The van der Waals surface area contributed by atoms with E-state index in [9.17, 15) is 4.79 Å². The van der Waals surface area contributed by atoms with E-state index in [0.29, 0.717) is 18.7 Å². The van der Waals surface area contributed by atoms with Crippen LogP contribution < -0.4 is 5.32 Å². The third kappa shape index (κ3) is 3.85. The van der Waals surface area contributed by atoms with Gasteiger partial charge in [0.2, 0.25) is 0 Å². The molecule has 2 atom stereocenters. The minimum atomic E-state index is 0.0513. The van der Waals surface area contributed by atoms with E-state index < -0.39 is 0 Å². The van der Waals surface area contributed by atoms with Crippen LogP contribution in [0.4, 0.5) is 11.4 Å². The molecule has 0 bridgehead atoms. The fourth-order valence-corrected chi connectivity index (χ4v) is 3.32. The molecule has 1 N–H and O–H groups in total. The predicted molar refractivity (Wildman–Crippen MR) is 102 cm³/mol. The zero-order chi connectivity index (χ0) is 18.0. The number of benzene rings is 2. The lowest BCUT2D eigenvalue weighted by Gasteiger charge is -2.35. The van der Waals surface area contributed by atoms with Crippen LogP contribution in [-0.4, -0.2) is 36.1 Å². The highest BCUT2D eigenvalue weighted by Crippen LogP contribution is 2.26. The summed E-state index contributed by atoms with van der Waals surface area (Å²) in [6, 6.07) is 13.9. The van der Waals surface area contributed by atoms with Crippen LogP contribution in [-0.2, 0) is 4.74 Å². The molecule has 1 aliphatic heterocycles. The van der Waals surface area contributed by atoms with Gasteiger partial charge in [-0.3, -0.25) is 4.79 Å². The predicted octanol–water partition coefficient (Wildman–Crippen LogP) is 4.30. The van der Waals surface area contributed by atoms with Crippen molar-refractivity contribution >= 4 is 17.3 Å². The van der Waals surface area contributed by atoms with Gasteiger partial charge in [0.25, 0.3) is 5.91 Å². The molecule has 2 aromatic rings. The molecule has 0 saturated carbocycles. The SMILES string of the molecule is Cc1cccc(Nc2ccccc2C(=O)N2C[C@H](C)O[C@@H](C)C2)c1C. The lowest BCUT2D eigenvalue weighted by molar-refractivity contribution is -0.0585. The molecule has 4 nitrogen and oxygen atoms in total. The number of carbonyl (C=O) groups excluding carboxylic acids is 1. The maximum Gasteiger partial charge on any atom is 0.256 e. The summed E-state index contributed by atoms with van der Waals surface area (Å²) in [6.45, 7) is 9.45. The van der Waals surface area contributed by atoms with Crippen LogP contribution in [0.25, 0.3) is 0 Å². The molecule has 1 amide bonds. The molecule has 0 aliphatic carbocycles. The molecule has 0 aromatic heterocycles. The Morgan fingerprint density at radius 2 is 1.64 bits per heavy atom.